The van der Waals surface area contributed by atoms with E-state index in [2.05, 4.69) is 31.5 Å². The van der Waals surface area contributed by atoms with Crippen LogP contribution in [0.2, 0.25) is 5.02 Å². The molecule has 5 rings (SSSR count). The van der Waals surface area contributed by atoms with Gasteiger partial charge in [0.1, 0.15) is 5.69 Å². The van der Waals surface area contributed by atoms with Crippen LogP contribution in [0.1, 0.15) is 21.6 Å². The standard InChI is InChI=1S/C22H20ClN5O2/c23-17-12-15(28-7-9-30-10-8-28)5-6-16(17)22(29)26-20-13-24-27-21(20)19-11-14-3-1-2-4-18(14)25-19/h1-6,12-13H,7-11H2,(H,24,27)(H,26,29). The number of amides is 1. The van der Waals surface area contributed by atoms with Gasteiger partial charge in [0.2, 0.25) is 0 Å². The van der Waals surface area contributed by atoms with Crippen molar-refractivity contribution in [2.45, 2.75) is 6.42 Å². The second-order valence-corrected chi connectivity index (χ2v) is 7.65. The molecule has 1 amide bonds. The van der Waals surface area contributed by atoms with E-state index in [1.165, 1.54) is 0 Å². The minimum Gasteiger partial charge on any atom is -0.378 e. The number of H-pyrrole nitrogens is 1. The number of hydrogen-bond acceptors (Lipinski definition) is 5. The van der Waals surface area contributed by atoms with Gasteiger partial charge in [-0.15, -0.1) is 0 Å². The summed E-state index contributed by atoms with van der Waals surface area (Å²) in [5.74, 6) is -0.285. The monoisotopic (exact) mass is 421 g/mol. The number of nitrogens with zero attached hydrogens (tertiary/aromatic N) is 3. The number of fused-ring (bicyclic) bond motifs is 1. The van der Waals surface area contributed by atoms with Crippen molar-refractivity contribution in [2.24, 2.45) is 4.99 Å². The van der Waals surface area contributed by atoms with Gasteiger partial charge >= 0.3 is 0 Å². The molecule has 152 valence electrons. The number of morpholine rings is 1. The second-order valence-electron chi connectivity index (χ2n) is 7.24. The number of aromatic nitrogens is 2. The van der Waals surface area contributed by atoms with E-state index in [1.54, 1.807) is 12.3 Å². The van der Waals surface area contributed by atoms with Crippen LogP contribution in [-0.2, 0) is 11.2 Å². The van der Waals surface area contributed by atoms with Crippen molar-refractivity contribution in [3.05, 3.63) is 70.5 Å². The van der Waals surface area contributed by atoms with E-state index in [9.17, 15) is 4.79 Å². The lowest BCUT2D eigenvalue weighted by molar-refractivity contribution is 0.102. The summed E-state index contributed by atoms with van der Waals surface area (Å²) in [7, 11) is 0. The average Bonchev–Trinajstić information content (AvgIpc) is 3.40. The zero-order chi connectivity index (χ0) is 20.5. The Kier molecular flexibility index (Phi) is 4.98. The molecule has 1 saturated heterocycles. The summed E-state index contributed by atoms with van der Waals surface area (Å²) in [6.45, 7) is 3.00. The van der Waals surface area contributed by atoms with Crippen LogP contribution in [0.25, 0.3) is 0 Å². The Morgan fingerprint density at radius 1 is 1.17 bits per heavy atom. The largest absolute Gasteiger partial charge is 0.378 e. The molecule has 2 aliphatic rings. The SMILES string of the molecule is O=C(Nc1cn[nH]c1C1=Nc2ccccc2C1)c1ccc(N2CCOCC2)cc1Cl. The van der Waals surface area contributed by atoms with Gasteiger partial charge in [0.05, 0.1) is 47.1 Å². The number of halogens is 1. The smallest absolute Gasteiger partial charge is 0.257 e. The zero-order valence-corrected chi connectivity index (χ0v) is 16.9. The molecule has 0 saturated carbocycles. The molecule has 7 nitrogen and oxygen atoms in total. The van der Waals surface area contributed by atoms with Crippen molar-refractivity contribution in [2.75, 3.05) is 36.5 Å². The number of para-hydroxylation sites is 1. The summed E-state index contributed by atoms with van der Waals surface area (Å²) < 4.78 is 5.39. The molecule has 2 N–H and O–H groups in total. The normalized spacial score (nSPS) is 15.6. The molecule has 0 aliphatic carbocycles. The number of ether oxygens (including phenoxy) is 1. The number of carbonyl (C=O) groups is 1. The third-order valence-corrected chi connectivity index (χ3v) is 5.67. The Bertz CT molecular complexity index is 1130. The summed E-state index contributed by atoms with van der Waals surface area (Å²) in [5, 5.41) is 10.4. The molecule has 0 radical (unpaired) electrons. The molecule has 3 heterocycles. The first-order valence-corrected chi connectivity index (χ1v) is 10.2. The van der Waals surface area contributed by atoms with Gasteiger partial charge in [-0.3, -0.25) is 14.9 Å². The molecular formula is C22H20ClN5O2. The van der Waals surface area contributed by atoms with Crippen LogP contribution < -0.4 is 10.2 Å². The quantitative estimate of drug-likeness (QED) is 0.670. The number of aromatic amines is 1. The van der Waals surface area contributed by atoms with Gasteiger partial charge in [0, 0.05) is 25.2 Å². The van der Waals surface area contributed by atoms with E-state index >= 15 is 0 Å². The van der Waals surface area contributed by atoms with Crippen molar-refractivity contribution < 1.29 is 9.53 Å². The first-order valence-electron chi connectivity index (χ1n) is 9.82. The number of rotatable bonds is 4. The minimum atomic E-state index is -0.285. The van der Waals surface area contributed by atoms with Crippen molar-refractivity contribution in [3.8, 4) is 0 Å². The van der Waals surface area contributed by atoms with Gasteiger partial charge in [-0.25, -0.2) is 0 Å². The molecule has 3 aromatic rings. The summed E-state index contributed by atoms with van der Waals surface area (Å²) in [5.41, 5.74) is 5.64. The van der Waals surface area contributed by atoms with E-state index in [0.717, 1.165) is 35.7 Å². The predicted octanol–water partition coefficient (Wildman–Crippen LogP) is 3.83. The fourth-order valence-corrected chi connectivity index (χ4v) is 4.04. The average molecular weight is 422 g/mol. The maximum absolute atomic E-state index is 12.9. The lowest BCUT2D eigenvalue weighted by Gasteiger charge is -2.29. The second kappa shape index (κ2) is 7.93. The number of benzene rings is 2. The summed E-state index contributed by atoms with van der Waals surface area (Å²) >= 11 is 6.45. The summed E-state index contributed by atoms with van der Waals surface area (Å²) in [6.07, 6.45) is 2.28. The molecule has 8 heteroatoms. The minimum absolute atomic E-state index is 0.285. The Morgan fingerprint density at radius 3 is 2.80 bits per heavy atom. The third kappa shape index (κ3) is 3.58. The van der Waals surface area contributed by atoms with E-state index in [0.29, 0.717) is 41.6 Å². The van der Waals surface area contributed by atoms with E-state index in [-0.39, 0.29) is 5.91 Å². The molecule has 0 spiro atoms. The number of hydrogen-bond donors (Lipinski definition) is 2. The van der Waals surface area contributed by atoms with Gasteiger partial charge in [-0.05, 0) is 29.8 Å². The van der Waals surface area contributed by atoms with Gasteiger partial charge in [0.15, 0.2) is 0 Å². The van der Waals surface area contributed by atoms with Crippen LogP contribution in [0.15, 0.2) is 53.7 Å². The van der Waals surface area contributed by atoms with Crippen LogP contribution in [-0.4, -0.2) is 48.1 Å². The summed E-state index contributed by atoms with van der Waals surface area (Å²) in [4.78, 5) is 19.8. The van der Waals surface area contributed by atoms with Crippen LogP contribution in [0.3, 0.4) is 0 Å². The molecule has 2 aromatic carbocycles. The number of carbonyl (C=O) groups excluding carboxylic acids is 1. The summed E-state index contributed by atoms with van der Waals surface area (Å²) in [6, 6.07) is 13.5. The van der Waals surface area contributed by atoms with Gasteiger partial charge < -0.3 is 15.0 Å². The van der Waals surface area contributed by atoms with Crippen LogP contribution in [0.5, 0.6) is 0 Å². The molecule has 2 aliphatic heterocycles. The molecular weight excluding hydrogens is 402 g/mol. The van der Waals surface area contributed by atoms with E-state index < -0.39 is 0 Å². The molecule has 0 atom stereocenters. The van der Waals surface area contributed by atoms with Gasteiger partial charge in [-0.2, -0.15) is 5.10 Å². The third-order valence-electron chi connectivity index (χ3n) is 5.35. The topological polar surface area (TPSA) is 82.6 Å². The first-order chi connectivity index (χ1) is 14.7. The molecule has 30 heavy (non-hydrogen) atoms. The highest BCUT2D eigenvalue weighted by atomic mass is 35.5. The molecule has 0 unspecified atom stereocenters. The van der Waals surface area contributed by atoms with Crippen molar-refractivity contribution in [1.82, 2.24) is 10.2 Å². The van der Waals surface area contributed by atoms with E-state index in [4.69, 9.17) is 16.3 Å². The first kappa shape index (κ1) is 18.8. The highest BCUT2D eigenvalue weighted by molar-refractivity contribution is 6.34. The van der Waals surface area contributed by atoms with E-state index in [1.807, 2.05) is 30.3 Å². The zero-order valence-electron chi connectivity index (χ0n) is 16.2. The predicted molar refractivity (Wildman–Crippen MR) is 117 cm³/mol. The van der Waals surface area contributed by atoms with Crippen molar-refractivity contribution in [3.63, 3.8) is 0 Å². The van der Waals surface area contributed by atoms with Crippen molar-refractivity contribution >= 4 is 40.3 Å². The highest BCUT2D eigenvalue weighted by Gasteiger charge is 2.22. The molecule has 1 aromatic heterocycles. The number of nitrogens with one attached hydrogen (secondary N) is 2. The Balaban J connectivity index is 1.34. The van der Waals surface area contributed by atoms with Crippen LogP contribution in [0, 0.1) is 0 Å². The molecule has 1 fully saturated rings. The van der Waals surface area contributed by atoms with Gasteiger partial charge in [-0.1, -0.05) is 29.8 Å². The van der Waals surface area contributed by atoms with Gasteiger partial charge in [0.25, 0.3) is 5.91 Å². The number of aliphatic imine (C=N–C) groups is 1. The lowest BCUT2D eigenvalue weighted by atomic mass is 10.1. The maximum atomic E-state index is 12.9. The fraction of sp³-hybridized carbons (Fsp3) is 0.227. The lowest BCUT2D eigenvalue weighted by Crippen LogP contribution is -2.36. The maximum Gasteiger partial charge on any atom is 0.257 e. The fourth-order valence-electron chi connectivity index (χ4n) is 3.78. The van der Waals surface area contributed by atoms with Crippen LogP contribution in [0.4, 0.5) is 17.1 Å². The highest BCUT2D eigenvalue weighted by Crippen LogP contribution is 2.30. The number of anilines is 2. The van der Waals surface area contributed by atoms with Crippen molar-refractivity contribution in [1.29, 1.82) is 0 Å². The molecule has 0 bridgehead atoms. The Morgan fingerprint density at radius 2 is 2.00 bits per heavy atom. The van der Waals surface area contributed by atoms with Crippen LogP contribution >= 0.6 is 11.6 Å². The Labute approximate surface area is 178 Å². The Hall–Kier alpha value is -3.16.